The van der Waals surface area contributed by atoms with Gasteiger partial charge in [0.25, 0.3) is 10.0 Å². The summed E-state index contributed by atoms with van der Waals surface area (Å²) in [6, 6.07) is 21.6. The van der Waals surface area contributed by atoms with E-state index in [0.717, 1.165) is 15.4 Å². The van der Waals surface area contributed by atoms with Crippen LogP contribution in [0.15, 0.2) is 83.8 Å². The van der Waals surface area contributed by atoms with E-state index in [1.54, 1.807) is 49.4 Å². The second-order valence-electron chi connectivity index (χ2n) is 10.9. The summed E-state index contributed by atoms with van der Waals surface area (Å²) >= 11 is 0. The summed E-state index contributed by atoms with van der Waals surface area (Å²) in [4.78, 5) is 29.2. The van der Waals surface area contributed by atoms with Gasteiger partial charge in [0.2, 0.25) is 11.8 Å². The van der Waals surface area contributed by atoms with Crippen molar-refractivity contribution in [3.8, 4) is 5.75 Å². The predicted molar refractivity (Wildman–Crippen MR) is 162 cm³/mol. The monoisotopic (exact) mass is 579 g/mol. The molecule has 0 saturated carbocycles. The zero-order chi connectivity index (χ0) is 30.2. The fourth-order valence-corrected chi connectivity index (χ4v) is 5.88. The maximum Gasteiger partial charge on any atom is 0.264 e. The van der Waals surface area contributed by atoms with E-state index in [-0.39, 0.29) is 23.0 Å². The number of amides is 2. The van der Waals surface area contributed by atoms with E-state index in [1.807, 2.05) is 58.9 Å². The van der Waals surface area contributed by atoms with Gasteiger partial charge in [0, 0.05) is 12.1 Å². The van der Waals surface area contributed by atoms with E-state index in [1.165, 1.54) is 17.0 Å². The van der Waals surface area contributed by atoms with Crippen molar-refractivity contribution in [2.75, 3.05) is 17.5 Å². The third-order valence-electron chi connectivity index (χ3n) is 6.40. The third kappa shape index (κ3) is 8.33. The number of nitrogens with one attached hydrogen (secondary N) is 1. The summed E-state index contributed by atoms with van der Waals surface area (Å²) in [5.74, 6) is -0.468. The number of hydrogen-bond acceptors (Lipinski definition) is 5. The molecule has 0 saturated heterocycles. The molecule has 41 heavy (non-hydrogen) atoms. The van der Waals surface area contributed by atoms with E-state index >= 15 is 0 Å². The molecule has 0 fully saturated rings. The number of carbonyl (C=O) groups is 2. The first kappa shape index (κ1) is 31.7. The summed E-state index contributed by atoms with van der Waals surface area (Å²) in [5, 5.41) is 2.98. The first-order valence-corrected chi connectivity index (χ1v) is 15.3. The average molecular weight is 580 g/mol. The number of carbonyl (C=O) groups excluding carboxylic acids is 2. The Kier molecular flexibility index (Phi) is 10.6. The largest absolute Gasteiger partial charge is 0.492 e. The Labute approximate surface area is 244 Å². The summed E-state index contributed by atoms with van der Waals surface area (Å²) in [6.07, 6.45) is 0.348. The smallest absolute Gasteiger partial charge is 0.264 e. The molecule has 1 atom stereocenters. The number of hydrogen-bond donors (Lipinski definition) is 1. The number of para-hydroxylation sites is 2. The van der Waals surface area contributed by atoms with Crippen molar-refractivity contribution < 1.29 is 22.7 Å². The van der Waals surface area contributed by atoms with Gasteiger partial charge in [-0.05, 0) is 70.9 Å². The highest BCUT2D eigenvalue weighted by Gasteiger charge is 2.35. The maximum absolute atomic E-state index is 14.2. The van der Waals surface area contributed by atoms with E-state index in [4.69, 9.17) is 4.74 Å². The Hall–Kier alpha value is -3.85. The molecule has 0 heterocycles. The highest BCUT2D eigenvalue weighted by atomic mass is 32.2. The van der Waals surface area contributed by atoms with E-state index in [2.05, 4.69) is 5.32 Å². The Morgan fingerprint density at radius 3 is 2.10 bits per heavy atom. The molecule has 0 radical (unpaired) electrons. The van der Waals surface area contributed by atoms with E-state index in [0.29, 0.717) is 18.8 Å². The minimum Gasteiger partial charge on any atom is -0.492 e. The van der Waals surface area contributed by atoms with Gasteiger partial charge in [-0.25, -0.2) is 8.42 Å². The first-order chi connectivity index (χ1) is 19.4. The van der Waals surface area contributed by atoms with Crippen LogP contribution in [0.3, 0.4) is 0 Å². The molecule has 0 aliphatic heterocycles. The number of aryl methyl sites for hydroxylation is 1. The average Bonchev–Trinajstić information content (AvgIpc) is 2.92. The SMILES string of the molecule is CCOc1ccccc1N(CC(=O)N(Cc1ccc(C)cc1)[C@@H](CC)C(=O)NC(C)(C)C)S(=O)(=O)c1ccccc1. The standard InChI is InChI=1S/C32H41N3O5S/c1-7-27(31(37)33-32(4,5)6)34(22-25-20-18-24(3)19-21-25)30(36)23-35(28-16-12-13-17-29(28)40-8-2)41(38,39)26-14-10-9-11-15-26/h9-21,27H,7-8,22-23H2,1-6H3,(H,33,37)/t27-/m0/s1. The van der Waals surface area contributed by atoms with Gasteiger partial charge in [0.1, 0.15) is 18.3 Å². The number of nitrogens with zero attached hydrogens (tertiary/aromatic N) is 2. The lowest BCUT2D eigenvalue weighted by Gasteiger charge is -2.35. The lowest BCUT2D eigenvalue weighted by molar-refractivity contribution is -0.141. The normalized spacial score (nSPS) is 12.3. The summed E-state index contributed by atoms with van der Waals surface area (Å²) < 4.78 is 34.9. The third-order valence-corrected chi connectivity index (χ3v) is 8.18. The van der Waals surface area contributed by atoms with Crippen LogP contribution < -0.4 is 14.4 Å². The number of sulfonamides is 1. The van der Waals surface area contributed by atoms with Crippen LogP contribution >= 0.6 is 0 Å². The zero-order valence-corrected chi connectivity index (χ0v) is 25.6. The van der Waals surface area contributed by atoms with Crippen LogP contribution in [-0.2, 0) is 26.2 Å². The number of ether oxygens (including phenoxy) is 1. The van der Waals surface area contributed by atoms with Crippen molar-refractivity contribution in [2.45, 2.75) is 71.0 Å². The predicted octanol–water partition coefficient (Wildman–Crippen LogP) is 5.31. The molecule has 8 nitrogen and oxygen atoms in total. The van der Waals surface area contributed by atoms with Crippen molar-refractivity contribution in [2.24, 2.45) is 0 Å². The van der Waals surface area contributed by atoms with E-state index in [9.17, 15) is 18.0 Å². The van der Waals surface area contributed by atoms with Crippen molar-refractivity contribution in [1.82, 2.24) is 10.2 Å². The lowest BCUT2D eigenvalue weighted by atomic mass is 10.1. The van der Waals surface area contributed by atoms with Gasteiger partial charge in [-0.1, -0.05) is 67.1 Å². The summed E-state index contributed by atoms with van der Waals surface area (Å²) in [5.41, 5.74) is 1.63. The van der Waals surface area contributed by atoms with Gasteiger partial charge < -0.3 is 15.0 Å². The summed E-state index contributed by atoms with van der Waals surface area (Å²) in [7, 11) is -4.18. The van der Waals surface area contributed by atoms with Crippen molar-refractivity contribution >= 4 is 27.5 Å². The van der Waals surface area contributed by atoms with Crippen LogP contribution in [0.1, 0.15) is 52.2 Å². The van der Waals surface area contributed by atoms with Crippen LogP contribution in [0.2, 0.25) is 0 Å². The zero-order valence-electron chi connectivity index (χ0n) is 24.8. The molecule has 220 valence electrons. The summed E-state index contributed by atoms with van der Waals surface area (Å²) in [6.45, 7) is 11.2. The van der Waals surface area contributed by atoms with Gasteiger partial charge in [-0.2, -0.15) is 0 Å². The Bertz CT molecular complexity index is 1420. The molecule has 3 rings (SSSR count). The second kappa shape index (κ2) is 13.7. The Balaban J connectivity index is 2.10. The highest BCUT2D eigenvalue weighted by Crippen LogP contribution is 2.33. The van der Waals surface area contributed by atoms with Gasteiger partial charge >= 0.3 is 0 Å². The van der Waals surface area contributed by atoms with Crippen molar-refractivity contribution in [1.29, 1.82) is 0 Å². The van der Waals surface area contributed by atoms with Crippen molar-refractivity contribution in [3.63, 3.8) is 0 Å². The molecule has 0 spiro atoms. The fraction of sp³-hybridized carbons (Fsp3) is 0.375. The fourth-order valence-electron chi connectivity index (χ4n) is 4.44. The van der Waals surface area contributed by atoms with Crippen LogP contribution in [0.4, 0.5) is 5.69 Å². The second-order valence-corrected chi connectivity index (χ2v) is 12.8. The van der Waals surface area contributed by atoms with Gasteiger partial charge in [0.15, 0.2) is 0 Å². The molecule has 0 unspecified atom stereocenters. The van der Waals surface area contributed by atoms with Crippen LogP contribution in [0.25, 0.3) is 0 Å². The Morgan fingerprint density at radius 2 is 1.51 bits per heavy atom. The quantitative estimate of drug-likeness (QED) is 0.314. The molecule has 3 aromatic rings. The van der Waals surface area contributed by atoms with Gasteiger partial charge in [-0.15, -0.1) is 0 Å². The van der Waals surface area contributed by atoms with Gasteiger partial charge in [0.05, 0.1) is 17.2 Å². The Morgan fingerprint density at radius 1 is 0.902 bits per heavy atom. The molecular formula is C32H41N3O5S. The first-order valence-electron chi connectivity index (χ1n) is 13.8. The highest BCUT2D eigenvalue weighted by molar-refractivity contribution is 7.92. The maximum atomic E-state index is 14.2. The van der Waals surface area contributed by atoms with Crippen LogP contribution in [0, 0.1) is 6.92 Å². The molecule has 0 bridgehead atoms. The number of benzene rings is 3. The van der Waals surface area contributed by atoms with Gasteiger partial charge in [-0.3, -0.25) is 13.9 Å². The molecule has 0 aliphatic carbocycles. The number of rotatable bonds is 12. The topological polar surface area (TPSA) is 96.0 Å². The van der Waals surface area contributed by atoms with E-state index < -0.39 is 34.1 Å². The lowest BCUT2D eigenvalue weighted by Crippen LogP contribution is -2.55. The minimum atomic E-state index is -4.18. The van der Waals surface area contributed by atoms with Crippen LogP contribution in [-0.4, -0.2) is 49.9 Å². The molecule has 0 aromatic heterocycles. The number of anilines is 1. The molecule has 0 aliphatic rings. The minimum absolute atomic E-state index is 0.0432. The van der Waals surface area contributed by atoms with Crippen molar-refractivity contribution in [3.05, 3.63) is 90.0 Å². The molecular weight excluding hydrogens is 538 g/mol. The van der Waals surface area contributed by atoms with Crippen LogP contribution in [0.5, 0.6) is 5.75 Å². The molecule has 2 amide bonds. The molecule has 9 heteroatoms. The molecule has 1 N–H and O–H groups in total. The molecule has 3 aromatic carbocycles.